The van der Waals surface area contributed by atoms with Crippen LogP contribution in [-0.2, 0) is 4.79 Å². The fourth-order valence-electron chi connectivity index (χ4n) is 1.21. The van der Waals surface area contributed by atoms with E-state index in [-0.39, 0.29) is 6.61 Å². The highest BCUT2D eigenvalue weighted by atomic mass is 16.5. The molecule has 0 bridgehead atoms. The summed E-state index contributed by atoms with van der Waals surface area (Å²) in [7, 11) is 0. The molecule has 1 N–H and O–H groups in total. The van der Waals surface area contributed by atoms with Crippen molar-refractivity contribution < 1.29 is 19.4 Å². The number of ether oxygens (including phenoxy) is 2. The zero-order valence-electron chi connectivity index (χ0n) is 9.31. The molecule has 2 rings (SSSR count). The first-order chi connectivity index (χ1) is 8.74. The average molecular weight is 246 g/mol. The third-order valence-electron chi connectivity index (χ3n) is 1.95. The van der Waals surface area contributed by atoms with E-state index in [1.165, 1.54) is 12.4 Å². The Bertz CT molecular complexity index is 513. The van der Waals surface area contributed by atoms with Gasteiger partial charge in [0.2, 0.25) is 5.88 Å². The number of hydrogen-bond donors (Lipinski definition) is 1. The second-order valence-electron chi connectivity index (χ2n) is 3.30. The maximum atomic E-state index is 10.3. The second kappa shape index (κ2) is 5.62. The topological polar surface area (TPSA) is 81.5 Å². The number of rotatable bonds is 5. The fraction of sp³-hybridized carbons (Fsp3) is 0.0833. The molecule has 1 heterocycles. The van der Waals surface area contributed by atoms with E-state index in [9.17, 15) is 4.79 Å². The molecular formula is C12H10N2O4. The Balaban J connectivity index is 1.97. The number of carboxylic acid groups (broad SMARTS) is 1. The lowest BCUT2D eigenvalue weighted by atomic mass is 10.3. The van der Waals surface area contributed by atoms with Crippen molar-refractivity contribution in [3.05, 3.63) is 42.9 Å². The van der Waals surface area contributed by atoms with Crippen LogP contribution in [-0.4, -0.2) is 27.7 Å². The summed E-state index contributed by atoms with van der Waals surface area (Å²) in [5.74, 6) is 0.397. The van der Waals surface area contributed by atoms with Crippen LogP contribution in [0.4, 0.5) is 0 Å². The molecule has 18 heavy (non-hydrogen) atoms. The maximum Gasteiger partial charge on any atom is 0.341 e. The molecule has 6 heteroatoms. The van der Waals surface area contributed by atoms with Gasteiger partial charge in [-0.1, -0.05) is 0 Å². The van der Waals surface area contributed by atoms with E-state index in [0.717, 1.165) is 0 Å². The first-order valence-corrected chi connectivity index (χ1v) is 5.12. The van der Waals surface area contributed by atoms with Crippen LogP contribution in [0, 0.1) is 0 Å². The van der Waals surface area contributed by atoms with E-state index in [4.69, 9.17) is 14.6 Å². The number of aromatic nitrogens is 2. The van der Waals surface area contributed by atoms with Gasteiger partial charge in [-0.15, -0.1) is 0 Å². The van der Waals surface area contributed by atoms with Crippen molar-refractivity contribution in [1.29, 1.82) is 0 Å². The van der Waals surface area contributed by atoms with Gasteiger partial charge in [-0.25, -0.2) is 9.78 Å². The van der Waals surface area contributed by atoms with Crippen LogP contribution in [0.3, 0.4) is 0 Å². The molecule has 0 atom stereocenters. The highest BCUT2D eigenvalue weighted by Gasteiger charge is 2.01. The van der Waals surface area contributed by atoms with E-state index in [1.54, 1.807) is 30.5 Å². The Kier molecular flexibility index (Phi) is 3.70. The van der Waals surface area contributed by atoms with Gasteiger partial charge in [-0.2, -0.15) is 0 Å². The Morgan fingerprint density at radius 1 is 1.17 bits per heavy atom. The van der Waals surface area contributed by atoms with Crippen molar-refractivity contribution in [2.24, 2.45) is 0 Å². The van der Waals surface area contributed by atoms with Crippen molar-refractivity contribution in [1.82, 2.24) is 9.97 Å². The predicted octanol–water partition coefficient (Wildman–Crippen LogP) is 1.73. The molecule has 0 aliphatic rings. The summed E-state index contributed by atoms with van der Waals surface area (Å²) in [6, 6.07) is 6.56. The third-order valence-corrected chi connectivity index (χ3v) is 1.95. The fourth-order valence-corrected chi connectivity index (χ4v) is 1.21. The van der Waals surface area contributed by atoms with Crippen molar-refractivity contribution in [3.63, 3.8) is 0 Å². The van der Waals surface area contributed by atoms with E-state index in [1.807, 2.05) is 0 Å². The molecule has 0 aliphatic carbocycles. The molecule has 0 aliphatic heterocycles. The quantitative estimate of drug-likeness (QED) is 0.865. The highest BCUT2D eigenvalue weighted by molar-refractivity contribution is 5.68. The molecule has 0 fully saturated rings. The number of benzene rings is 1. The molecular weight excluding hydrogens is 236 g/mol. The van der Waals surface area contributed by atoms with Crippen LogP contribution in [0.1, 0.15) is 0 Å². The molecule has 0 unspecified atom stereocenters. The summed E-state index contributed by atoms with van der Waals surface area (Å²) in [5, 5.41) is 8.46. The normalized spacial score (nSPS) is 9.78. The lowest BCUT2D eigenvalue weighted by Gasteiger charge is -2.05. The summed E-state index contributed by atoms with van der Waals surface area (Å²) < 4.78 is 10.4. The molecule has 0 radical (unpaired) electrons. The van der Waals surface area contributed by atoms with Gasteiger partial charge >= 0.3 is 5.97 Å². The van der Waals surface area contributed by atoms with Gasteiger partial charge < -0.3 is 14.6 Å². The van der Waals surface area contributed by atoms with Gasteiger partial charge in [0, 0.05) is 12.4 Å². The Labute approximate surface area is 103 Å². The number of carbonyl (C=O) groups is 1. The van der Waals surface area contributed by atoms with E-state index >= 15 is 0 Å². The van der Waals surface area contributed by atoms with Gasteiger partial charge in [-0.05, 0) is 24.3 Å². The summed E-state index contributed by atoms with van der Waals surface area (Å²) in [6.45, 7) is -0.371. The summed E-state index contributed by atoms with van der Waals surface area (Å²) in [4.78, 5) is 18.1. The van der Waals surface area contributed by atoms with Crippen LogP contribution >= 0.6 is 0 Å². The highest BCUT2D eigenvalue weighted by Crippen LogP contribution is 2.21. The van der Waals surface area contributed by atoms with E-state index in [2.05, 4.69) is 9.97 Å². The SMILES string of the molecule is O=C(O)COc1ccc(Oc2cnccn2)cc1. The Morgan fingerprint density at radius 3 is 2.50 bits per heavy atom. The molecule has 0 saturated heterocycles. The largest absolute Gasteiger partial charge is 0.482 e. The minimum absolute atomic E-state index is 0.371. The zero-order valence-corrected chi connectivity index (χ0v) is 9.31. The molecule has 92 valence electrons. The van der Waals surface area contributed by atoms with E-state index in [0.29, 0.717) is 17.4 Å². The van der Waals surface area contributed by atoms with Crippen LogP contribution in [0.5, 0.6) is 17.4 Å². The smallest absolute Gasteiger partial charge is 0.341 e. The van der Waals surface area contributed by atoms with Crippen LogP contribution in [0.2, 0.25) is 0 Å². The van der Waals surface area contributed by atoms with Crippen LogP contribution in [0.25, 0.3) is 0 Å². The molecule has 0 amide bonds. The van der Waals surface area contributed by atoms with Gasteiger partial charge in [0.25, 0.3) is 0 Å². The Morgan fingerprint density at radius 2 is 1.89 bits per heavy atom. The minimum Gasteiger partial charge on any atom is -0.482 e. The lowest BCUT2D eigenvalue weighted by molar-refractivity contribution is -0.139. The average Bonchev–Trinajstić information content (AvgIpc) is 2.39. The second-order valence-corrected chi connectivity index (χ2v) is 3.30. The van der Waals surface area contributed by atoms with Crippen molar-refractivity contribution >= 4 is 5.97 Å². The number of nitrogens with zero attached hydrogens (tertiary/aromatic N) is 2. The molecule has 0 spiro atoms. The predicted molar refractivity (Wildman–Crippen MR) is 61.7 cm³/mol. The van der Waals surface area contributed by atoms with Crippen molar-refractivity contribution in [3.8, 4) is 17.4 Å². The first kappa shape index (κ1) is 11.8. The summed E-state index contributed by atoms with van der Waals surface area (Å²) in [6.07, 6.45) is 4.57. The first-order valence-electron chi connectivity index (χ1n) is 5.12. The molecule has 2 aromatic rings. The summed E-state index contributed by atoms with van der Waals surface area (Å²) in [5.41, 5.74) is 0. The number of aliphatic carboxylic acids is 1. The van der Waals surface area contributed by atoms with Gasteiger partial charge in [0.15, 0.2) is 6.61 Å². The Hall–Kier alpha value is -2.63. The van der Waals surface area contributed by atoms with Crippen LogP contribution in [0.15, 0.2) is 42.9 Å². The van der Waals surface area contributed by atoms with Gasteiger partial charge in [0.1, 0.15) is 11.5 Å². The molecule has 1 aromatic heterocycles. The number of hydrogen-bond acceptors (Lipinski definition) is 5. The molecule has 1 aromatic carbocycles. The van der Waals surface area contributed by atoms with Crippen molar-refractivity contribution in [2.45, 2.75) is 0 Å². The van der Waals surface area contributed by atoms with Gasteiger partial charge in [-0.3, -0.25) is 4.98 Å². The molecule has 0 saturated carbocycles. The van der Waals surface area contributed by atoms with Gasteiger partial charge in [0.05, 0.1) is 6.20 Å². The van der Waals surface area contributed by atoms with Crippen LogP contribution < -0.4 is 9.47 Å². The lowest BCUT2D eigenvalue weighted by Crippen LogP contribution is -2.09. The monoisotopic (exact) mass is 246 g/mol. The maximum absolute atomic E-state index is 10.3. The summed E-state index contributed by atoms with van der Waals surface area (Å²) >= 11 is 0. The van der Waals surface area contributed by atoms with E-state index < -0.39 is 5.97 Å². The minimum atomic E-state index is -1.02. The zero-order chi connectivity index (χ0) is 12.8. The number of carboxylic acids is 1. The van der Waals surface area contributed by atoms with Crippen molar-refractivity contribution in [2.75, 3.05) is 6.61 Å². The third kappa shape index (κ3) is 3.44. The molecule has 6 nitrogen and oxygen atoms in total. The standard InChI is InChI=1S/C12H10N2O4/c15-12(16)8-17-9-1-3-10(4-2-9)18-11-7-13-5-6-14-11/h1-7H,8H2,(H,15,16).